The predicted octanol–water partition coefficient (Wildman–Crippen LogP) is 1.85. The standard InChI is InChI=1S/C13H10F4N4O3/c1-23-11-8(3-18-6-21-11)5-19-10(22)7-2-9(14)12(20-4-7)24-13(15,16)17/h2-4,6H,5H2,1H3,(H,19,22). The number of halogens is 4. The monoisotopic (exact) mass is 346 g/mol. The van der Waals surface area contributed by atoms with E-state index in [0.717, 1.165) is 6.20 Å². The minimum Gasteiger partial charge on any atom is -0.481 e. The fourth-order valence-corrected chi connectivity index (χ4v) is 1.66. The maximum Gasteiger partial charge on any atom is 0.574 e. The molecular weight excluding hydrogens is 336 g/mol. The maximum absolute atomic E-state index is 13.5. The van der Waals surface area contributed by atoms with E-state index in [1.165, 1.54) is 19.6 Å². The van der Waals surface area contributed by atoms with Crippen LogP contribution in [0.4, 0.5) is 17.6 Å². The number of hydrogen-bond acceptors (Lipinski definition) is 6. The van der Waals surface area contributed by atoms with Crippen molar-refractivity contribution in [2.75, 3.05) is 7.11 Å². The van der Waals surface area contributed by atoms with Gasteiger partial charge >= 0.3 is 6.36 Å². The van der Waals surface area contributed by atoms with Crippen molar-refractivity contribution in [1.82, 2.24) is 20.3 Å². The fraction of sp³-hybridized carbons (Fsp3) is 0.231. The highest BCUT2D eigenvalue weighted by atomic mass is 19.4. The Hall–Kier alpha value is -2.98. The summed E-state index contributed by atoms with van der Waals surface area (Å²) in [6, 6.07) is 0.585. The molecule has 0 saturated heterocycles. The van der Waals surface area contributed by atoms with Crippen LogP contribution >= 0.6 is 0 Å². The van der Waals surface area contributed by atoms with Gasteiger partial charge in [-0.2, -0.15) is 0 Å². The average molecular weight is 346 g/mol. The summed E-state index contributed by atoms with van der Waals surface area (Å²) in [7, 11) is 1.38. The molecule has 0 aromatic carbocycles. The van der Waals surface area contributed by atoms with Gasteiger partial charge in [-0.3, -0.25) is 4.79 Å². The highest BCUT2D eigenvalue weighted by Crippen LogP contribution is 2.23. The number of pyridine rings is 1. The van der Waals surface area contributed by atoms with E-state index in [9.17, 15) is 22.4 Å². The van der Waals surface area contributed by atoms with E-state index in [1.807, 2.05) is 0 Å². The Kier molecular flexibility index (Phi) is 5.11. The van der Waals surface area contributed by atoms with Gasteiger partial charge < -0.3 is 14.8 Å². The summed E-state index contributed by atoms with van der Waals surface area (Å²) >= 11 is 0. The lowest BCUT2D eigenvalue weighted by atomic mass is 10.2. The van der Waals surface area contributed by atoms with Crippen molar-refractivity contribution in [3.63, 3.8) is 0 Å². The molecule has 0 aliphatic heterocycles. The zero-order chi connectivity index (χ0) is 17.7. The van der Waals surface area contributed by atoms with Gasteiger partial charge in [0.2, 0.25) is 5.88 Å². The van der Waals surface area contributed by atoms with Crippen LogP contribution in [-0.2, 0) is 6.54 Å². The summed E-state index contributed by atoms with van der Waals surface area (Å²) in [6.45, 7) is -0.0364. The van der Waals surface area contributed by atoms with Crippen LogP contribution in [0.2, 0.25) is 0 Å². The molecule has 0 fully saturated rings. The van der Waals surface area contributed by atoms with Crippen molar-refractivity contribution in [3.8, 4) is 11.8 Å². The van der Waals surface area contributed by atoms with Gasteiger partial charge in [0.25, 0.3) is 11.8 Å². The van der Waals surface area contributed by atoms with E-state index in [2.05, 4.69) is 25.0 Å². The van der Waals surface area contributed by atoms with E-state index < -0.39 is 24.0 Å². The number of carbonyl (C=O) groups is 1. The van der Waals surface area contributed by atoms with Gasteiger partial charge in [-0.15, -0.1) is 13.2 Å². The molecule has 0 aliphatic rings. The topological polar surface area (TPSA) is 86.2 Å². The van der Waals surface area contributed by atoms with Gasteiger partial charge in [-0.25, -0.2) is 19.3 Å². The number of rotatable bonds is 5. The van der Waals surface area contributed by atoms with Crippen LogP contribution in [0, 0.1) is 5.82 Å². The molecule has 0 radical (unpaired) electrons. The summed E-state index contributed by atoms with van der Waals surface area (Å²) < 4.78 is 57.9. The molecule has 11 heteroatoms. The van der Waals surface area contributed by atoms with E-state index in [4.69, 9.17) is 4.74 Å². The highest BCUT2D eigenvalue weighted by molar-refractivity contribution is 5.93. The minimum absolute atomic E-state index is 0.0364. The lowest BCUT2D eigenvalue weighted by molar-refractivity contribution is -0.277. The molecule has 24 heavy (non-hydrogen) atoms. The lowest BCUT2D eigenvalue weighted by Gasteiger charge is -2.10. The number of amides is 1. The SMILES string of the molecule is COc1ncncc1CNC(=O)c1cnc(OC(F)(F)F)c(F)c1. The number of methoxy groups -OCH3 is 1. The van der Waals surface area contributed by atoms with Crippen LogP contribution in [0.1, 0.15) is 15.9 Å². The van der Waals surface area contributed by atoms with Gasteiger partial charge in [0.1, 0.15) is 6.33 Å². The summed E-state index contributed by atoms with van der Waals surface area (Å²) in [5.41, 5.74) is 0.177. The zero-order valence-electron chi connectivity index (χ0n) is 12.1. The molecule has 1 N–H and O–H groups in total. The first-order valence-electron chi connectivity index (χ1n) is 6.32. The highest BCUT2D eigenvalue weighted by Gasteiger charge is 2.33. The number of alkyl halides is 3. The number of carbonyl (C=O) groups excluding carboxylic acids is 1. The molecule has 0 unspecified atom stereocenters. The summed E-state index contributed by atoms with van der Waals surface area (Å²) in [5.74, 6) is -3.20. The van der Waals surface area contributed by atoms with Crippen molar-refractivity contribution in [2.45, 2.75) is 12.9 Å². The second kappa shape index (κ2) is 7.06. The van der Waals surface area contributed by atoms with Crippen molar-refractivity contribution < 1.29 is 31.8 Å². The van der Waals surface area contributed by atoms with Crippen LogP contribution in [0.3, 0.4) is 0 Å². The maximum atomic E-state index is 13.5. The zero-order valence-corrected chi connectivity index (χ0v) is 12.1. The molecule has 1 amide bonds. The molecule has 128 valence electrons. The Labute approximate surface area is 132 Å². The van der Waals surface area contributed by atoms with Crippen LogP contribution in [0.25, 0.3) is 0 Å². The third-order valence-corrected chi connectivity index (χ3v) is 2.66. The second-order valence-electron chi connectivity index (χ2n) is 4.30. The third-order valence-electron chi connectivity index (χ3n) is 2.66. The van der Waals surface area contributed by atoms with Crippen LogP contribution in [0.15, 0.2) is 24.8 Å². The van der Waals surface area contributed by atoms with Gasteiger partial charge in [-0.1, -0.05) is 0 Å². The number of ether oxygens (including phenoxy) is 2. The van der Waals surface area contributed by atoms with Gasteiger partial charge in [0, 0.05) is 18.9 Å². The molecule has 2 aromatic heterocycles. The number of nitrogens with zero attached hydrogens (tertiary/aromatic N) is 3. The largest absolute Gasteiger partial charge is 0.574 e. The molecular formula is C13H10F4N4O3. The predicted molar refractivity (Wildman–Crippen MR) is 70.6 cm³/mol. The Balaban J connectivity index is 2.06. The summed E-state index contributed by atoms with van der Waals surface area (Å²) in [6.07, 6.45) is -1.66. The molecule has 2 rings (SSSR count). The van der Waals surface area contributed by atoms with Crippen LogP contribution in [-0.4, -0.2) is 34.3 Å². The molecule has 0 bridgehead atoms. The Morgan fingerprint density at radius 1 is 1.25 bits per heavy atom. The van der Waals surface area contributed by atoms with E-state index in [0.29, 0.717) is 11.6 Å². The van der Waals surface area contributed by atoms with Crippen molar-refractivity contribution in [3.05, 3.63) is 41.7 Å². The first-order chi connectivity index (χ1) is 11.3. The number of aromatic nitrogens is 3. The van der Waals surface area contributed by atoms with Crippen molar-refractivity contribution in [2.24, 2.45) is 0 Å². The average Bonchev–Trinajstić information content (AvgIpc) is 2.53. The number of nitrogens with one attached hydrogen (secondary N) is 1. The van der Waals surface area contributed by atoms with E-state index >= 15 is 0 Å². The number of hydrogen-bond donors (Lipinski definition) is 1. The Morgan fingerprint density at radius 3 is 2.62 bits per heavy atom. The normalized spacial score (nSPS) is 11.0. The van der Waals surface area contributed by atoms with E-state index in [1.54, 1.807) is 0 Å². The molecule has 0 atom stereocenters. The molecule has 0 spiro atoms. The lowest BCUT2D eigenvalue weighted by Crippen LogP contribution is -2.24. The second-order valence-corrected chi connectivity index (χ2v) is 4.30. The van der Waals surface area contributed by atoms with Crippen LogP contribution < -0.4 is 14.8 Å². The van der Waals surface area contributed by atoms with Gasteiger partial charge in [0.05, 0.1) is 18.2 Å². The van der Waals surface area contributed by atoms with Crippen molar-refractivity contribution >= 4 is 5.91 Å². The third kappa shape index (κ3) is 4.51. The molecule has 0 aliphatic carbocycles. The molecule has 7 nitrogen and oxygen atoms in total. The summed E-state index contributed by atoms with van der Waals surface area (Å²) in [4.78, 5) is 22.6. The van der Waals surface area contributed by atoms with Crippen molar-refractivity contribution in [1.29, 1.82) is 0 Å². The molecule has 2 aromatic rings. The minimum atomic E-state index is -5.08. The smallest absolute Gasteiger partial charge is 0.481 e. The molecule has 2 heterocycles. The Morgan fingerprint density at radius 2 is 2.00 bits per heavy atom. The fourth-order valence-electron chi connectivity index (χ4n) is 1.66. The first-order valence-corrected chi connectivity index (χ1v) is 6.32. The van der Waals surface area contributed by atoms with E-state index in [-0.39, 0.29) is 18.0 Å². The van der Waals surface area contributed by atoms with Gasteiger partial charge in [0.15, 0.2) is 5.82 Å². The summed E-state index contributed by atoms with van der Waals surface area (Å²) in [5, 5.41) is 2.42. The molecule has 0 saturated carbocycles. The van der Waals surface area contributed by atoms with Crippen LogP contribution in [0.5, 0.6) is 11.8 Å². The first kappa shape index (κ1) is 17.4. The Bertz CT molecular complexity index is 739. The quantitative estimate of drug-likeness (QED) is 0.832. The van der Waals surface area contributed by atoms with Gasteiger partial charge in [-0.05, 0) is 6.07 Å².